The Kier molecular flexibility index (Phi) is 3.85. The van der Waals surface area contributed by atoms with Crippen molar-refractivity contribution in [2.45, 2.75) is 6.92 Å². The largest absolute Gasteiger partial charge is 0.461 e. The van der Waals surface area contributed by atoms with E-state index in [1.54, 1.807) is 11.3 Å². The fourth-order valence-corrected chi connectivity index (χ4v) is 1.64. The molecule has 0 aromatic carbocycles. The van der Waals surface area contributed by atoms with Crippen LogP contribution in [0.2, 0.25) is 0 Å². The summed E-state index contributed by atoms with van der Waals surface area (Å²) in [5, 5.41) is 4.13. The number of furan rings is 1. The normalized spacial score (nSPS) is 8.64. The van der Waals surface area contributed by atoms with E-state index in [-0.39, 0.29) is 6.15 Å². The summed E-state index contributed by atoms with van der Waals surface area (Å²) in [5.74, 6) is 1.93. The standard InChI is InChI=1S/C9H8OS.CO2/c1-7-2-3-9(10-7)8-4-5-11-6-8;2-1-3/h2-6H,1H3;. The van der Waals surface area contributed by atoms with Gasteiger partial charge in [0.15, 0.2) is 0 Å². The molecule has 3 nitrogen and oxygen atoms in total. The molecule has 2 aromatic heterocycles. The summed E-state index contributed by atoms with van der Waals surface area (Å²) in [5.41, 5.74) is 1.17. The minimum Gasteiger partial charge on any atom is -0.461 e. The average Bonchev–Trinajstić information content (AvgIpc) is 2.74. The quantitative estimate of drug-likeness (QED) is 0.723. The van der Waals surface area contributed by atoms with Crippen molar-refractivity contribution in [3.8, 4) is 11.3 Å². The van der Waals surface area contributed by atoms with Crippen LogP contribution in [0.5, 0.6) is 0 Å². The molecule has 0 aliphatic heterocycles. The van der Waals surface area contributed by atoms with Gasteiger partial charge in [-0.15, -0.1) is 0 Å². The van der Waals surface area contributed by atoms with Crippen LogP contribution in [-0.2, 0) is 9.59 Å². The lowest BCUT2D eigenvalue weighted by Gasteiger charge is -1.87. The number of hydrogen-bond donors (Lipinski definition) is 0. The molecule has 0 aliphatic rings. The van der Waals surface area contributed by atoms with Gasteiger partial charge < -0.3 is 4.42 Å². The summed E-state index contributed by atoms with van der Waals surface area (Å²) < 4.78 is 5.43. The molecule has 0 N–H and O–H groups in total. The fourth-order valence-electron chi connectivity index (χ4n) is 0.994. The van der Waals surface area contributed by atoms with Crippen LogP contribution in [0.15, 0.2) is 33.4 Å². The fraction of sp³-hybridized carbons (Fsp3) is 0.100. The van der Waals surface area contributed by atoms with Gasteiger partial charge >= 0.3 is 6.15 Å². The van der Waals surface area contributed by atoms with E-state index in [1.807, 2.05) is 24.4 Å². The number of aryl methyl sites for hydroxylation is 1. The summed E-state index contributed by atoms with van der Waals surface area (Å²) in [6.45, 7) is 1.95. The van der Waals surface area contributed by atoms with Gasteiger partial charge in [0, 0.05) is 10.9 Å². The molecule has 2 aromatic rings. The van der Waals surface area contributed by atoms with Crippen LogP contribution in [0.3, 0.4) is 0 Å². The zero-order valence-electron chi connectivity index (χ0n) is 7.52. The summed E-state index contributed by atoms with van der Waals surface area (Å²) in [6.07, 6.45) is 0.250. The third-order valence-electron chi connectivity index (χ3n) is 1.55. The molecule has 0 saturated heterocycles. The van der Waals surface area contributed by atoms with E-state index in [9.17, 15) is 0 Å². The van der Waals surface area contributed by atoms with E-state index in [2.05, 4.69) is 11.4 Å². The average molecular weight is 208 g/mol. The zero-order chi connectivity index (χ0) is 10.4. The monoisotopic (exact) mass is 208 g/mol. The van der Waals surface area contributed by atoms with Gasteiger partial charge in [0.25, 0.3) is 0 Å². The highest BCUT2D eigenvalue weighted by Gasteiger charge is 2.00. The van der Waals surface area contributed by atoms with Gasteiger partial charge in [-0.3, -0.25) is 0 Å². The molecule has 0 bridgehead atoms. The van der Waals surface area contributed by atoms with E-state index >= 15 is 0 Å². The maximum absolute atomic E-state index is 8.12. The first kappa shape index (κ1) is 10.4. The third kappa shape index (κ3) is 2.69. The van der Waals surface area contributed by atoms with Crippen LogP contribution in [0, 0.1) is 6.92 Å². The maximum Gasteiger partial charge on any atom is 0.373 e. The van der Waals surface area contributed by atoms with Crippen LogP contribution >= 0.6 is 11.3 Å². The number of thiophene rings is 1. The van der Waals surface area contributed by atoms with Crippen molar-refractivity contribution in [3.05, 3.63) is 34.7 Å². The van der Waals surface area contributed by atoms with Gasteiger partial charge in [-0.25, -0.2) is 0 Å². The summed E-state index contributed by atoms with van der Waals surface area (Å²) in [4.78, 5) is 16.2. The van der Waals surface area contributed by atoms with Crippen molar-refractivity contribution in [1.82, 2.24) is 0 Å². The van der Waals surface area contributed by atoms with E-state index < -0.39 is 0 Å². The second-order valence-corrected chi connectivity index (χ2v) is 3.29. The molecule has 2 heterocycles. The number of carbonyl (C=O) groups excluding carboxylic acids is 2. The Morgan fingerprint density at radius 3 is 2.43 bits per heavy atom. The minimum atomic E-state index is 0.250. The molecule has 0 amide bonds. The van der Waals surface area contributed by atoms with Crippen LogP contribution < -0.4 is 0 Å². The molecule has 0 atom stereocenters. The Bertz CT molecular complexity index is 408. The minimum absolute atomic E-state index is 0.250. The maximum atomic E-state index is 8.12. The van der Waals surface area contributed by atoms with Gasteiger partial charge in [-0.2, -0.15) is 20.9 Å². The van der Waals surface area contributed by atoms with E-state index in [1.165, 1.54) is 5.56 Å². The van der Waals surface area contributed by atoms with Gasteiger partial charge in [0.1, 0.15) is 11.5 Å². The smallest absolute Gasteiger partial charge is 0.373 e. The first-order valence-electron chi connectivity index (χ1n) is 3.86. The molecule has 72 valence electrons. The highest BCUT2D eigenvalue weighted by Crippen LogP contribution is 2.23. The van der Waals surface area contributed by atoms with Crippen LogP contribution in [0.4, 0.5) is 0 Å². The Morgan fingerprint density at radius 1 is 1.29 bits per heavy atom. The van der Waals surface area contributed by atoms with Gasteiger partial charge in [-0.05, 0) is 30.5 Å². The van der Waals surface area contributed by atoms with Gasteiger partial charge in [-0.1, -0.05) is 0 Å². The molecule has 0 saturated carbocycles. The van der Waals surface area contributed by atoms with Crippen LogP contribution in [-0.4, -0.2) is 6.15 Å². The third-order valence-corrected chi connectivity index (χ3v) is 2.23. The molecule has 2 rings (SSSR count). The first-order chi connectivity index (χ1) is 6.77. The Labute approximate surface area is 85.0 Å². The lowest BCUT2D eigenvalue weighted by atomic mass is 10.3. The van der Waals surface area contributed by atoms with Crippen molar-refractivity contribution in [2.75, 3.05) is 0 Å². The van der Waals surface area contributed by atoms with Crippen molar-refractivity contribution in [2.24, 2.45) is 0 Å². The Balaban J connectivity index is 0.000000293. The van der Waals surface area contributed by atoms with E-state index in [0.717, 1.165) is 11.5 Å². The van der Waals surface area contributed by atoms with E-state index in [4.69, 9.17) is 14.0 Å². The predicted octanol–water partition coefficient (Wildman–Crippen LogP) is 2.73. The second kappa shape index (κ2) is 5.17. The van der Waals surface area contributed by atoms with Gasteiger partial charge in [0.05, 0.1) is 0 Å². The van der Waals surface area contributed by atoms with Crippen LogP contribution in [0.25, 0.3) is 11.3 Å². The Hall–Kier alpha value is -1.64. The summed E-state index contributed by atoms with van der Waals surface area (Å²) >= 11 is 1.68. The van der Waals surface area contributed by atoms with Crippen molar-refractivity contribution < 1.29 is 14.0 Å². The van der Waals surface area contributed by atoms with Crippen LogP contribution in [0.1, 0.15) is 5.76 Å². The summed E-state index contributed by atoms with van der Waals surface area (Å²) in [7, 11) is 0. The van der Waals surface area contributed by atoms with Crippen molar-refractivity contribution in [1.29, 1.82) is 0 Å². The first-order valence-corrected chi connectivity index (χ1v) is 4.80. The molecule has 14 heavy (non-hydrogen) atoms. The summed E-state index contributed by atoms with van der Waals surface area (Å²) in [6, 6.07) is 6.04. The van der Waals surface area contributed by atoms with Gasteiger partial charge in [0.2, 0.25) is 0 Å². The Morgan fingerprint density at radius 2 is 2.00 bits per heavy atom. The lowest BCUT2D eigenvalue weighted by Crippen LogP contribution is -1.62. The van der Waals surface area contributed by atoms with Crippen molar-refractivity contribution in [3.63, 3.8) is 0 Å². The molecular weight excluding hydrogens is 200 g/mol. The molecule has 0 fully saturated rings. The molecule has 0 unspecified atom stereocenters. The molecule has 4 heteroatoms. The topological polar surface area (TPSA) is 47.3 Å². The van der Waals surface area contributed by atoms with Crippen molar-refractivity contribution >= 4 is 17.5 Å². The molecule has 0 radical (unpaired) electrons. The molecule has 0 spiro atoms. The highest BCUT2D eigenvalue weighted by atomic mass is 32.1. The number of hydrogen-bond acceptors (Lipinski definition) is 4. The molecular formula is C10H8O3S. The zero-order valence-corrected chi connectivity index (χ0v) is 8.34. The lowest BCUT2D eigenvalue weighted by molar-refractivity contribution is -0.191. The highest BCUT2D eigenvalue weighted by molar-refractivity contribution is 7.08. The predicted molar refractivity (Wildman–Crippen MR) is 51.8 cm³/mol. The second-order valence-electron chi connectivity index (χ2n) is 2.51. The SMILES string of the molecule is Cc1ccc(-c2ccsc2)o1.O=C=O. The van der Waals surface area contributed by atoms with E-state index in [0.29, 0.717) is 0 Å². The molecule has 0 aliphatic carbocycles. The number of rotatable bonds is 1.